The monoisotopic (exact) mass is 303 g/mol. The minimum absolute atomic E-state index is 0.881. The lowest BCUT2D eigenvalue weighted by Gasteiger charge is -2.36. The topological polar surface area (TPSA) is 44.3 Å². The highest BCUT2D eigenvalue weighted by molar-refractivity contribution is 7.13. The molecule has 112 valence electrons. The molecule has 5 nitrogen and oxygen atoms in total. The first kappa shape index (κ1) is 14.3. The highest BCUT2D eigenvalue weighted by Crippen LogP contribution is 2.24. The van der Waals surface area contributed by atoms with Crippen LogP contribution in [0.3, 0.4) is 0 Å². The van der Waals surface area contributed by atoms with Gasteiger partial charge in [0, 0.05) is 67.9 Å². The molecule has 1 N–H and O–H groups in total. The SMILES string of the molecule is CCNCc1cnccc1N1CCN(c2nccs2)CC1. The fraction of sp³-hybridized carbons (Fsp3) is 0.467. The van der Waals surface area contributed by atoms with Gasteiger partial charge < -0.3 is 15.1 Å². The summed E-state index contributed by atoms with van der Waals surface area (Å²) in [4.78, 5) is 13.5. The minimum Gasteiger partial charge on any atom is -0.368 e. The molecule has 1 aliphatic rings. The quantitative estimate of drug-likeness (QED) is 0.915. The van der Waals surface area contributed by atoms with E-state index < -0.39 is 0 Å². The van der Waals surface area contributed by atoms with Gasteiger partial charge in [0.2, 0.25) is 0 Å². The van der Waals surface area contributed by atoms with E-state index in [1.165, 1.54) is 11.3 Å². The molecule has 0 saturated carbocycles. The maximum absolute atomic E-state index is 4.40. The molecular weight excluding hydrogens is 282 g/mol. The molecule has 21 heavy (non-hydrogen) atoms. The van der Waals surface area contributed by atoms with Gasteiger partial charge in [-0.15, -0.1) is 11.3 Å². The number of thiazole rings is 1. The summed E-state index contributed by atoms with van der Waals surface area (Å²) in [5.74, 6) is 0. The van der Waals surface area contributed by atoms with E-state index >= 15 is 0 Å². The van der Waals surface area contributed by atoms with Crippen molar-refractivity contribution in [2.75, 3.05) is 42.5 Å². The average molecular weight is 303 g/mol. The van der Waals surface area contributed by atoms with Gasteiger partial charge >= 0.3 is 0 Å². The van der Waals surface area contributed by atoms with Crippen LogP contribution in [0, 0.1) is 0 Å². The van der Waals surface area contributed by atoms with E-state index in [-0.39, 0.29) is 0 Å². The largest absolute Gasteiger partial charge is 0.368 e. The van der Waals surface area contributed by atoms with Crippen molar-refractivity contribution in [1.29, 1.82) is 0 Å². The van der Waals surface area contributed by atoms with Crippen molar-refractivity contribution in [1.82, 2.24) is 15.3 Å². The molecule has 2 aromatic rings. The summed E-state index contributed by atoms with van der Waals surface area (Å²) in [5, 5.41) is 6.57. The molecule has 3 rings (SSSR count). The lowest BCUT2D eigenvalue weighted by molar-refractivity contribution is 0.644. The zero-order valence-corrected chi connectivity index (χ0v) is 13.1. The van der Waals surface area contributed by atoms with Crippen molar-refractivity contribution in [3.63, 3.8) is 0 Å². The van der Waals surface area contributed by atoms with E-state index in [1.54, 1.807) is 11.3 Å². The normalized spacial score (nSPS) is 15.5. The van der Waals surface area contributed by atoms with E-state index in [1.807, 2.05) is 24.0 Å². The zero-order chi connectivity index (χ0) is 14.5. The van der Waals surface area contributed by atoms with Gasteiger partial charge in [0.25, 0.3) is 0 Å². The zero-order valence-electron chi connectivity index (χ0n) is 12.3. The van der Waals surface area contributed by atoms with Crippen molar-refractivity contribution < 1.29 is 0 Å². The number of hydrogen-bond donors (Lipinski definition) is 1. The van der Waals surface area contributed by atoms with Crippen LogP contribution in [-0.2, 0) is 6.54 Å². The van der Waals surface area contributed by atoms with E-state index in [0.717, 1.165) is 44.4 Å². The van der Waals surface area contributed by atoms with Gasteiger partial charge in [0.1, 0.15) is 0 Å². The maximum atomic E-state index is 4.40. The summed E-state index contributed by atoms with van der Waals surface area (Å²) in [6, 6.07) is 2.13. The van der Waals surface area contributed by atoms with Gasteiger partial charge in [-0.1, -0.05) is 6.92 Å². The third-order valence-electron chi connectivity index (χ3n) is 3.75. The van der Waals surface area contributed by atoms with E-state index in [9.17, 15) is 0 Å². The van der Waals surface area contributed by atoms with Gasteiger partial charge in [0.05, 0.1) is 0 Å². The number of pyridine rings is 1. The third kappa shape index (κ3) is 3.33. The first-order valence-electron chi connectivity index (χ1n) is 7.41. The molecule has 6 heteroatoms. The van der Waals surface area contributed by atoms with Crippen molar-refractivity contribution in [2.24, 2.45) is 0 Å². The smallest absolute Gasteiger partial charge is 0.185 e. The van der Waals surface area contributed by atoms with Crippen LogP contribution < -0.4 is 15.1 Å². The number of piperazine rings is 1. The number of nitrogens with zero attached hydrogens (tertiary/aromatic N) is 4. The van der Waals surface area contributed by atoms with Gasteiger partial charge in [-0.3, -0.25) is 4.98 Å². The minimum atomic E-state index is 0.881. The van der Waals surface area contributed by atoms with Crippen molar-refractivity contribution in [3.8, 4) is 0 Å². The molecule has 2 aromatic heterocycles. The molecular formula is C15H21N5S. The molecule has 0 spiro atoms. The molecule has 3 heterocycles. The second-order valence-electron chi connectivity index (χ2n) is 5.07. The van der Waals surface area contributed by atoms with Crippen LogP contribution >= 0.6 is 11.3 Å². The van der Waals surface area contributed by atoms with E-state index in [2.05, 4.69) is 38.1 Å². The Morgan fingerprint density at radius 3 is 2.71 bits per heavy atom. The number of rotatable bonds is 5. The molecule has 0 radical (unpaired) electrons. The molecule has 1 aliphatic heterocycles. The summed E-state index contributed by atoms with van der Waals surface area (Å²) in [6.07, 6.45) is 5.74. The Balaban J connectivity index is 1.66. The standard InChI is InChI=1S/C15H21N5S/c1-2-16-11-13-12-17-4-3-14(13)19-6-8-20(9-7-19)15-18-5-10-21-15/h3-5,10,12,16H,2,6-9,11H2,1H3. The van der Waals surface area contributed by atoms with Crippen molar-refractivity contribution in [2.45, 2.75) is 13.5 Å². The van der Waals surface area contributed by atoms with E-state index in [4.69, 9.17) is 0 Å². The lowest BCUT2D eigenvalue weighted by Crippen LogP contribution is -2.46. The van der Waals surface area contributed by atoms with Crippen LogP contribution in [0.4, 0.5) is 10.8 Å². The predicted molar refractivity (Wildman–Crippen MR) is 88.2 cm³/mol. The second-order valence-corrected chi connectivity index (χ2v) is 5.95. The lowest BCUT2D eigenvalue weighted by atomic mass is 10.2. The number of hydrogen-bond acceptors (Lipinski definition) is 6. The van der Waals surface area contributed by atoms with Gasteiger partial charge in [-0.2, -0.15) is 0 Å². The summed E-state index contributed by atoms with van der Waals surface area (Å²) in [5.41, 5.74) is 2.59. The van der Waals surface area contributed by atoms with Crippen LogP contribution in [-0.4, -0.2) is 42.7 Å². The highest BCUT2D eigenvalue weighted by Gasteiger charge is 2.20. The van der Waals surface area contributed by atoms with Gasteiger partial charge in [0.15, 0.2) is 5.13 Å². The molecule has 0 unspecified atom stereocenters. The van der Waals surface area contributed by atoms with Crippen LogP contribution in [0.5, 0.6) is 0 Å². The van der Waals surface area contributed by atoms with Crippen LogP contribution in [0.1, 0.15) is 12.5 Å². The number of nitrogens with one attached hydrogen (secondary N) is 1. The van der Waals surface area contributed by atoms with Crippen LogP contribution in [0.2, 0.25) is 0 Å². The molecule has 0 bridgehead atoms. The molecule has 0 aromatic carbocycles. The first-order chi connectivity index (χ1) is 10.4. The Bertz CT molecular complexity index is 549. The summed E-state index contributed by atoms with van der Waals surface area (Å²) in [7, 11) is 0. The van der Waals surface area contributed by atoms with Crippen molar-refractivity contribution in [3.05, 3.63) is 35.6 Å². The Hall–Kier alpha value is -1.66. The molecule has 1 fully saturated rings. The summed E-state index contributed by atoms with van der Waals surface area (Å²) in [6.45, 7) is 8.10. The fourth-order valence-electron chi connectivity index (χ4n) is 2.63. The Kier molecular flexibility index (Phi) is 4.67. The third-order valence-corrected chi connectivity index (χ3v) is 4.59. The number of aromatic nitrogens is 2. The highest BCUT2D eigenvalue weighted by atomic mass is 32.1. The fourth-order valence-corrected chi connectivity index (χ4v) is 3.33. The Labute approximate surface area is 129 Å². The Morgan fingerprint density at radius 1 is 1.19 bits per heavy atom. The summed E-state index contributed by atoms with van der Waals surface area (Å²) < 4.78 is 0. The van der Waals surface area contributed by atoms with Crippen LogP contribution in [0.25, 0.3) is 0 Å². The van der Waals surface area contributed by atoms with Gasteiger partial charge in [-0.05, 0) is 12.6 Å². The first-order valence-corrected chi connectivity index (χ1v) is 8.29. The van der Waals surface area contributed by atoms with E-state index in [0.29, 0.717) is 0 Å². The molecule has 0 atom stereocenters. The molecule has 0 amide bonds. The molecule has 1 saturated heterocycles. The number of anilines is 2. The maximum Gasteiger partial charge on any atom is 0.185 e. The summed E-state index contributed by atoms with van der Waals surface area (Å²) >= 11 is 1.72. The Morgan fingerprint density at radius 2 is 2.00 bits per heavy atom. The predicted octanol–water partition coefficient (Wildman–Crippen LogP) is 1.97. The molecule has 0 aliphatic carbocycles. The van der Waals surface area contributed by atoms with Crippen LogP contribution in [0.15, 0.2) is 30.0 Å². The second kappa shape index (κ2) is 6.87. The average Bonchev–Trinajstić information content (AvgIpc) is 3.08. The van der Waals surface area contributed by atoms with Crippen molar-refractivity contribution >= 4 is 22.2 Å². The van der Waals surface area contributed by atoms with Gasteiger partial charge in [-0.25, -0.2) is 4.98 Å².